The number of rotatable bonds is 8. The van der Waals surface area contributed by atoms with Gasteiger partial charge in [0.2, 0.25) is 0 Å². The number of hydrogen-bond donors (Lipinski definition) is 0. The number of anilines is 1. The van der Waals surface area contributed by atoms with Crippen molar-refractivity contribution in [2.75, 3.05) is 18.1 Å². The number of esters is 1. The molecule has 0 aliphatic heterocycles. The molecule has 2 heterocycles. The quantitative estimate of drug-likeness (QED) is 0.370. The Hall–Kier alpha value is -4.51. The van der Waals surface area contributed by atoms with Crippen molar-refractivity contribution in [1.29, 1.82) is 5.26 Å². The number of nitriles is 1. The van der Waals surface area contributed by atoms with Crippen molar-refractivity contribution < 1.29 is 14.3 Å². The summed E-state index contributed by atoms with van der Waals surface area (Å²) >= 11 is 0. The zero-order chi connectivity index (χ0) is 23.9. The van der Waals surface area contributed by atoms with Gasteiger partial charge < -0.3 is 9.64 Å². The average Bonchev–Trinajstić information content (AvgIpc) is 3.31. The number of aromatic nitrogens is 3. The molecule has 8 heteroatoms. The van der Waals surface area contributed by atoms with Gasteiger partial charge in [0.05, 0.1) is 35.3 Å². The SMILES string of the molecule is CCn1ncc2c(C(=O)OCC(=O)N(CCC#N)c3ccccc3)cc(-c3ccccc3)nc21. The maximum absolute atomic E-state index is 13.1. The zero-order valence-electron chi connectivity index (χ0n) is 18.7. The van der Waals surface area contributed by atoms with E-state index in [1.807, 2.05) is 49.4 Å². The lowest BCUT2D eigenvalue weighted by molar-refractivity contribution is -0.121. The predicted octanol–water partition coefficient (Wildman–Crippen LogP) is 4.22. The van der Waals surface area contributed by atoms with E-state index in [1.165, 1.54) is 4.90 Å². The van der Waals surface area contributed by atoms with Crippen LogP contribution in [0.25, 0.3) is 22.3 Å². The molecule has 2 aromatic heterocycles. The summed E-state index contributed by atoms with van der Waals surface area (Å²) in [5.74, 6) is -1.05. The number of benzene rings is 2. The first-order valence-electron chi connectivity index (χ1n) is 10.9. The third kappa shape index (κ3) is 4.79. The number of para-hydroxylation sites is 1. The van der Waals surface area contributed by atoms with Gasteiger partial charge in [-0.05, 0) is 25.1 Å². The summed E-state index contributed by atoms with van der Waals surface area (Å²) in [6.07, 6.45) is 1.75. The lowest BCUT2D eigenvalue weighted by Gasteiger charge is -2.21. The minimum atomic E-state index is -0.637. The molecule has 0 bridgehead atoms. The topological polar surface area (TPSA) is 101 Å². The van der Waals surface area contributed by atoms with Crippen LogP contribution in [-0.2, 0) is 16.1 Å². The van der Waals surface area contributed by atoms with Gasteiger partial charge in [0.1, 0.15) is 0 Å². The zero-order valence-corrected chi connectivity index (χ0v) is 18.7. The molecule has 0 unspecified atom stereocenters. The molecular weight excluding hydrogens is 430 g/mol. The van der Waals surface area contributed by atoms with E-state index in [0.29, 0.717) is 34.5 Å². The normalized spacial score (nSPS) is 10.6. The Bertz CT molecular complexity index is 1340. The van der Waals surface area contributed by atoms with Gasteiger partial charge in [0.25, 0.3) is 5.91 Å². The van der Waals surface area contributed by atoms with Crippen LogP contribution >= 0.6 is 0 Å². The van der Waals surface area contributed by atoms with Crippen molar-refractivity contribution in [1.82, 2.24) is 14.8 Å². The fourth-order valence-corrected chi connectivity index (χ4v) is 3.66. The molecule has 34 heavy (non-hydrogen) atoms. The van der Waals surface area contributed by atoms with Gasteiger partial charge in [-0.25, -0.2) is 14.5 Å². The minimum absolute atomic E-state index is 0.163. The molecule has 0 atom stereocenters. The fraction of sp³-hybridized carbons (Fsp3) is 0.192. The first kappa shape index (κ1) is 22.7. The molecule has 4 aromatic rings. The maximum Gasteiger partial charge on any atom is 0.339 e. The van der Waals surface area contributed by atoms with Crippen LogP contribution in [0.1, 0.15) is 23.7 Å². The highest BCUT2D eigenvalue weighted by molar-refractivity contribution is 6.05. The number of nitrogens with zero attached hydrogens (tertiary/aromatic N) is 5. The Morgan fingerprint density at radius 1 is 1.09 bits per heavy atom. The van der Waals surface area contributed by atoms with Crippen molar-refractivity contribution >= 4 is 28.6 Å². The van der Waals surface area contributed by atoms with E-state index in [0.717, 1.165) is 5.56 Å². The molecule has 0 spiro atoms. The highest BCUT2D eigenvalue weighted by Gasteiger charge is 2.21. The molecule has 0 radical (unpaired) electrons. The number of fused-ring (bicyclic) bond motifs is 1. The van der Waals surface area contributed by atoms with E-state index in [1.54, 1.807) is 41.2 Å². The molecule has 0 saturated carbocycles. The number of pyridine rings is 1. The second-order valence-corrected chi connectivity index (χ2v) is 7.48. The van der Waals surface area contributed by atoms with Crippen LogP contribution in [0.5, 0.6) is 0 Å². The number of aryl methyl sites for hydroxylation is 1. The third-order valence-electron chi connectivity index (χ3n) is 5.34. The Morgan fingerprint density at radius 3 is 2.47 bits per heavy atom. The first-order chi connectivity index (χ1) is 16.6. The van der Waals surface area contributed by atoms with Crippen molar-refractivity contribution in [3.8, 4) is 17.3 Å². The molecular formula is C26H23N5O3. The number of amides is 1. The van der Waals surface area contributed by atoms with Gasteiger partial charge in [0.15, 0.2) is 12.3 Å². The van der Waals surface area contributed by atoms with Gasteiger partial charge in [-0.3, -0.25) is 4.79 Å². The summed E-state index contributed by atoms with van der Waals surface area (Å²) in [5.41, 5.74) is 2.97. The highest BCUT2D eigenvalue weighted by atomic mass is 16.5. The van der Waals surface area contributed by atoms with Crippen LogP contribution < -0.4 is 4.90 Å². The highest BCUT2D eigenvalue weighted by Crippen LogP contribution is 2.25. The minimum Gasteiger partial charge on any atom is -0.452 e. The van der Waals surface area contributed by atoms with Crippen molar-refractivity contribution in [2.45, 2.75) is 19.9 Å². The smallest absolute Gasteiger partial charge is 0.339 e. The third-order valence-corrected chi connectivity index (χ3v) is 5.34. The van der Waals surface area contributed by atoms with Crippen LogP contribution in [0.2, 0.25) is 0 Å². The number of ether oxygens (including phenoxy) is 1. The number of carbonyl (C=O) groups is 2. The lowest BCUT2D eigenvalue weighted by atomic mass is 10.1. The number of carbonyl (C=O) groups excluding carboxylic acids is 2. The van der Waals surface area contributed by atoms with Gasteiger partial charge in [-0.2, -0.15) is 10.4 Å². The van der Waals surface area contributed by atoms with Gasteiger partial charge in [0, 0.05) is 24.3 Å². The molecule has 0 aliphatic rings. The van der Waals surface area contributed by atoms with Crippen LogP contribution in [0.3, 0.4) is 0 Å². The van der Waals surface area contributed by atoms with E-state index < -0.39 is 18.5 Å². The molecule has 0 saturated heterocycles. The molecule has 4 rings (SSSR count). The van der Waals surface area contributed by atoms with Gasteiger partial charge in [-0.15, -0.1) is 0 Å². The summed E-state index contributed by atoms with van der Waals surface area (Å²) in [7, 11) is 0. The van der Waals surface area contributed by atoms with E-state index in [2.05, 4.69) is 5.10 Å². The fourth-order valence-electron chi connectivity index (χ4n) is 3.66. The lowest BCUT2D eigenvalue weighted by Crippen LogP contribution is -2.35. The van der Waals surface area contributed by atoms with E-state index in [-0.39, 0.29) is 13.0 Å². The summed E-state index contributed by atoms with van der Waals surface area (Å²) in [6, 6.07) is 22.2. The maximum atomic E-state index is 13.1. The largest absolute Gasteiger partial charge is 0.452 e. The molecule has 8 nitrogen and oxygen atoms in total. The summed E-state index contributed by atoms with van der Waals surface area (Å²) in [5, 5.41) is 13.9. The summed E-state index contributed by atoms with van der Waals surface area (Å²) < 4.78 is 7.15. The summed E-state index contributed by atoms with van der Waals surface area (Å²) in [4.78, 5) is 32.2. The van der Waals surface area contributed by atoms with Crippen LogP contribution in [-0.4, -0.2) is 39.8 Å². The van der Waals surface area contributed by atoms with E-state index >= 15 is 0 Å². The predicted molar refractivity (Wildman–Crippen MR) is 128 cm³/mol. The standard InChI is InChI=1S/C26H23N5O3/c1-2-31-25-22(17-28-31)21(16-23(29-25)19-10-5-3-6-11-19)26(33)34-18-24(32)30(15-9-14-27)20-12-7-4-8-13-20/h3-8,10-13,16-17H,2,9,15,18H2,1H3. The molecule has 1 amide bonds. The second kappa shape index (κ2) is 10.4. The van der Waals surface area contributed by atoms with Crippen LogP contribution in [0.4, 0.5) is 5.69 Å². The van der Waals surface area contributed by atoms with Crippen LogP contribution in [0.15, 0.2) is 72.9 Å². The molecule has 0 aliphatic carbocycles. The van der Waals surface area contributed by atoms with Crippen molar-refractivity contribution in [3.05, 3.63) is 78.5 Å². The molecule has 170 valence electrons. The van der Waals surface area contributed by atoms with Crippen LogP contribution in [0, 0.1) is 11.3 Å². The average molecular weight is 454 g/mol. The second-order valence-electron chi connectivity index (χ2n) is 7.48. The Morgan fingerprint density at radius 2 is 1.79 bits per heavy atom. The molecule has 0 N–H and O–H groups in total. The monoisotopic (exact) mass is 453 g/mol. The number of hydrogen-bond acceptors (Lipinski definition) is 6. The Balaban J connectivity index is 1.60. The van der Waals surface area contributed by atoms with Gasteiger partial charge >= 0.3 is 5.97 Å². The van der Waals surface area contributed by atoms with Crippen molar-refractivity contribution in [3.63, 3.8) is 0 Å². The van der Waals surface area contributed by atoms with Gasteiger partial charge in [-0.1, -0.05) is 48.5 Å². The molecule has 2 aromatic carbocycles. The Labute approximate surface area is 197 Å². The Kier molecular flexibility index (Phi) is 6.94. The van der Waals surface area contributed by atoms with E-state index in [4.69, 9.17) is 15.0 Å². The first-order valence-corrected chi connectivity index (χ1v) is 10.9. The molecule has 0 fully saturated rings. The van der Waals surface area contributed by atoms with E-state index in [9.17, 15) is 9.59 Å². The summed E-state index contributed by atoms with van der Waals surface area (Å²) in [6.45, 7) is 2.29. The van der Waals surface area contributed by atoms with Crippen molar-refractivity contribution in [2.24, 2.45) is 0 Å².